The molecule has 1 aromatic rings. The summed E-state index contributed by atoms with van der Waals surface area (Å²) in [5.41, 5.74) is 2.27. The third kappa shape index (κ3) is 2.86. The SMILES string of the molecule is COc1ccc(C(C)O)cc1C1CCC(C)CC1. The number of methoxy groups -OCH3 is 1. The summed E-state index contributed by atoms with van der Waals surface area (Å²) >= 11 is 0. The molecule has 0 spiro atoms. The third-order valence-corrected chi connectivity index (χ3v) is 4.19. The van der Waals surface area contributed by atoms with E-state index in [1.165, 1.54) is 31.2 Å². The van der Waals surface area contributed by atoms with E-state index in [9.17, 15) is 5.11 Å². The zero-order chi connectivity index (χ0) is 13.1. The topological polar surface area (TPSA) is 29.5 Å². The van der Waals surface area contributed by atoms with Crippen molar-refractivity contribution in [2.75, 3.05) is 7.11 Å². The van der Waals surface area contributed by atoms with Crippen molar-refractivity contribution in [3.05, 3.63) is 29.3 Å². The van der Waals surface area contributed by atoms with Gasteiger partial charge in [-0.1, -0.05) is 25.8 Å². The Morgan fingerprint density at radius 3 is 2.44 bits per heavy atom. The molecule has 2 nitrogen and oxygen atoms in total. The van der Waals surface area contributed by atoms with Crippen LogP contribution in [0.1, 0.15) is 62.7 Å². The van der Waals surface area contributed by atoms with Crippen molar-refractivity contribution >= 4 is 0 Å². The number of aliphatic hydroxyl groups excluding tert-OH is 1. The maximum absolute atomic E-state index is 9.71. The summed E-state index contributed by atoms with van der Waals surface area (Å²) in [7, 11) is 1.73. The van der Waals surface area contributed by atoms with E-state index >= 15 is 0 Å². The van der Waals surface area contributed by atoms with E-state index in [0.29, 0.717) is 5.92 Å². The van der Waals surface area contributed by atoms with Crippen molar-refractivity contribution in [1.82, 2.24) is 0 Å². The van der Waals surface area contributed by atoms with E-state index in [-0.39, 0.29) is 0 Å². The molecule has 0 bridgehead atoms. The van der Waals surface area contributed by atoms with Crippen LogP contribution in [0.5, 0.6) is 5.75 Å². The highest BCUT2D eigenvalue weighted by Crippen LogP contribution is 2.40. The summed E-state index contributed by atoms with van der Waals surface area (Å²) in [6.45, 7) is 4.15. The number of hydrogen-bond donors (Lipinski definition) is 1. The quantitative estimate of drug-likeness (QED) is 0.874. The number of rotatable bonds is 3. The molecule has 1 aliphatic carbocycles. The molecular formula is C16H24O2. The summed E-state index contributed by atoms with van der Waals surface area (Å²) < 4.78 is 5.48. The van der Waals surface area contributed by atoms with Crippen molar-refractivity contribution in [3.8, 4) is 5.75 Å². The van der Waals surface area contributed by atoms with Crippen molar-refractivity contribution < 1.29 is 9.84 Å². The third-order valence-electron chi connectivity index (χ3n) is 4.19. The summed E-state index contributed by atoms with van der Waals surface area (Å²) in [6, 6.07) is 6.08. The largest absolute Gasteiger partial charge is 0.496 e. The number of ether oxygens (including phenoxy) is 1. The average molecular weight is 248 g/mol. The molecule has 1 unspecified atom stereocenters. The Hall–Kier alpha value is -1.02. The highest BCUT2D eigenvalue weighted by Gasteiger charge is 2.23. The lowest BCUT2D eigenvalue weighted by Gasteiger charge is -2.28. The number of aliphatic hydroxyl groups is 1. The molecule has 0 radical (unpaired) electrons. The highest BCUT2D eigenvalue weighted by atomic mass is 16.5. The van der Waals surface area contributed by atoms with Gasteiger partial charge in [-0.05, 0) is 54.9 Å². The van der Waals surface area contributed by atoms with Gasteiger partial charge in [0.25, 0.3) is 0 Å². The molecule has 1 N–H and O–H groups in total. The number of hydrogen-bond acceptors (Lipinski definition) is 2. The Morgan fingerprint density at radius 1 is 1.22 bits per heavy atom. The fraction of sp³-hybridized carbons (Fsp3) is 0.625. The average Bonchev–Trinajstić information content (AvgIpc) is 2.39. The molecular weight excluding hydrogens is 224 g/mol. The van der Waals surface area contributed by atoms with Gasteiger partial charge >= 0.3 is 0 Å². The molecule has 0 heterocycles. The van der Waals surface area contributed by atoms with Crippen LogP contribution in [-0.2, 0) is 0 Å². The van der Waals surface area contributed by atoms with Crippen LogP contribution < -0.4 is 4.74 Å². The highest BCUT2D eigenvalue weighted by molar-refractivity contribution is 5.40. The Morgan fingerprint density at radius 2 is 1.89 bits per heavy atom. The van der Waals surface area contributed by atoms with Crippen molar-refractivity contribution in [1.29, 1.82) is 0 Å². The van der Waals surface area contributed by atoms with Crippen molar-refractivity contribution in [3.63, 3.8) is 0 Å². The molecule has 2 heteroatoms. The lowest BCUT2D eigenvalue weighted by molar-refractivity contribution is 0.199. The number of benzene rings is 1. The molecule has 1 aliphatic rings. The minimum Gasteiger partial charge on any atom is -0.496 e. The van der Waals surface area contributed by atoms with Gasteiger partial charge in [-0.15, -0.1) is 0 Å². The normalized spacial score (nSPS) is 25.8. The van der Waals surface area contributed by atoms with Crippen LogP contribution in [0.2, 0.25) is 0 Å². The molecule has 1 aromatic carbocycles. The van der Waals surface area contributed by atoms with Gasteiger partial charge in [-0.3, -0.25) is 0 Å². The molecule has 0 amide bonds. The molecule has 1 saturated carbocycles. The lowest BCUT2D eigenvalue weighted by Crippen LogP contribution is -2.12. The molecule has 100 valence electrons. The molecule has 1 atom stereocenters. The fourth-order valence-corrected chi connectivity index (χ4v) is 2.90. The summed E-state index contributed by atoms with van der Waals surface area (Å²) in [5.74, 6) is 2.42. The van der Waals surface area contributed by atoms with Crippen LogP contribution in [0.3, 0.4) is 0 Å². The van der Waals surface area contributed by atoms with E-state index in [1.54, 1.807) is 7.11 Å². The first kappa shape index (κ1) is 13.4. The smallest absolute Gasteiger partial charge is 0.122 e. The lowest BCUT2D eigenvalue weighted by atomic mass is 9.78. The first-order chi connectivity index (χ1) is 8.61. The molecule has 1 fully saturated rings. The molecule has 2 rings (SSSR count). The second kappa shape index (κ2) is 5.75. The molecule has 0 saturated heterocycles. The molecule has 18 heavy (non-hydrogen) atoms. The Balaban J connectivity index is 2.26. The maximum Gasteiger partial charge on any atom is 0.122 e. The van der Waals surface area contributed by atoms with Gasteiger partial charge in [-0.2, -0.15) is 0 Å². The summed E-state index contributed by atoms with van der Waals surface area (Å²) in [6.07, 6.45) is 4.67. The summed E-state index contributed by atoms with van der Waals surface area (Å²) in [5, 5.41) is 9.71. The van der Waals surface area contributed by atoms with Gasteiger partial charge in [0.15, 0.2) is 0 Å². The summed E-state index contributed by atoms with van der Waals surface area (Å²) in [4.78, 5) is 0. The van der Waals surface area contributed by atoms with E-state index < -0.39 is 6.10 Å². The predicted octanol–water partition coefficient (Wildman–Crippen LogP) is 4.04. The second-order valence-electron chi connectivity index (χ2n) is 5.63. The van der Waals surface area contributed by atoms with Gasteiger partial charge in [0, 0.05) is 0 Å². The van der Waals surface area contributed by atoms with Gasteiger partial charge < -0.3 is 9.84 Å². The Labute approximate surface area is 110 Å². The fourth-order valence-electron chi connectivity index (χ4n) is 2.90. The minimum absolute atomic E-state index is 0.405. The van der Waals surface area contributed by atoms with Crippen LogP contribution >= 0.6 is 0 Å². The van der Waals surface area contributed by atoms with Crippen LogP contribution in [0, 0.1) is 5.92 Å². The first-order valence-corrected chi connectivity index (χ1v) is 6.97. The standard InChI is InChI=1S/C16H24O2/c1-11-4-6-13(7-5-11)15-10-14(12(2)17)8-9-16(15)18-3/h8-13,17H,4-7H2,1-3H3. The van der Waals surface area contributed by atoms with Gasteiger partial charge in [0.1, 0.15) is 5.75 Å². The van der Waals surface area contributed by atoms with Crippen LogP contribution in [-0.4, -0.2) is 12.2 Å². The van der Waals surface area contributed by atoms with E-state index in [2.05, 4.69) is 13.0 Å². The van der Waals surface area contributed by atoms with Crippen LogP contribution in [0.25, 0.3) is 0 Å². The predicted molar refractivity (Wildman–Crippen MR) is 74.0 cm³/mol. The Bertz CT molecular complexity index is 390. The van der Waals surface area contributed by atoms with E-state index in [0.717, 1.165) is 17.2 Å². The molecule has 0 aliphatic heterocycles. The Kier molecular flexibility index (Phi) is 4.28. The van der Waals surface area contributed by atoms with Gasteiger partial charge in [-0.25, -0.2) is 0 Å². The van der Waals surface area contributed by atoms with Crippen molar-refractivity contribution in [2.24, 2.45) is 5.92 Å². The maximum atomic E-state index is 9.71. The van der Waals surface area contributed by atoms with Crippen LogP contribution in [0.4, 0.5) is 0 Å². The van der Waals surface area contributed by atoms with E-state index in [4.69, 9.17) is 4.74 Å². The zero-order valence-corrected chi connectivity index (χ0v) is 11.6. The van der Waals surface area contributed by atoms with Crippen LogP contribution in [0.15, 0.2) is 18.2 Å². The monoisotopic (exact) mass is 248 g/mol. The first-order valence-electron chi connectivity index (χ1n) is 6.97. The minimum atomic E-state index is -0.405. The van der Waals surface area contributed by atoms with Crippen molar-refractivity contribution in [2.45, 2.75) is 51.6 Å². The van der Waals surface area contributed by atoms with Gasteiger partial charge in [0.2, 0.25) is 0 Å². The van der Waals surface area contributed by atoms with Gasteiger partial charge in [0.05, 0.1) is 13.2 Å². The second-order valence-corrected chi connectivity index (χ2v) is 5.63. The van der Waals surface area contributed by atoms with E-state index in [1.807, 2.05) is 19.1 Å². The molecule has 0 aromatic heterocycles. The zero-order valence-electron chi connectivity index (χ0n) is 11.6.